The molecule has 112 valence electrons. The zero-order valence-electron chi connectivity index (χ0n) is 12.2. The third kappa shape index (κ3) is 3.55. The summed E-state index contributed by atoms with van der Waals surface area (Å²) in [6.45, 7) is 6.79. The van der Waals surface area contributed by atoms with Gasteiger partial charge < -0.3 is 10.4 Å². The number of carboxylic acid groups (broad SMARTS) is 1. The molecule has 0 unspecified atom stereocenters. The summed E-state index contributed by atoms with van der Waals surface area (Å²) in [5.41, 5.74) is 1.71. The summed E-state index contributed by atoms with van der Waals surface area (Å²) in [6, 6.07) is 6.80. The number of nitrogens with one attached hydrogen (secondary N) is 1. The predicted octanol–water partition coefficient (Wildman–Crippen LogP) is 3.60. The number of anilines is 1. The van der Waals surface area contributed by atoms with Crippen LogP contribution in [-0.2, 0) is 12.1 Å². The molecule has 0 aliphatic rings. The van der Waals surface area contributed by atoms with Gasteiger partial charge in [0.25, 0.3) is 0 Å². The van der Waals surface area contributed by atoms with Crippen molar-refractivity contribution in [3.8, 4) is 0 Å². The molecule has 2 rings (SSSR count). The van der Waals surface area contributed by atoms with Crippen molar-refractivity contribution in [2.45, 2.75) is 32.9 Å². The average Bonchev–Trinajstić information content (AvgIpc) is 2.85. The van der Waals surface area contributed by atoms with Crippen LogP contribution in [0.1, 0.15) is 36.8 Å². The molecule has 0 spiro atoms. The fraction of sp³-hybridized carbons (Fsp3) is 0.333. The first kappa shape index (κ1) is 15.4. The number of carboxylic acids is 1. The molecule has 21 heavy (non-hydrogen) atoms. The normalized spacial score (nSPS) is 11.4. The third-order valence-electron chi connectivity index (χ3n) is 3.03. The van der Waals surface area contributed by atoms with E-state index >= 15 is 0 Å². The molecular formula is C15H18ClN3O2. The van der Waals surface area contributed by atoms with Crippen LogP contribution in [0.2, 0.25) is 5.02 Å². The SMILES string of the molecule is CC(C)(C)n1nccc1CNc1ccc(Cl)c(C(=O)O)c1. The zero-order valence-corrected chi connectivity index (χ0v) is 13.0. The molecule has 0 amide bonds. The zero-order chi connectivity index (χ0) is 15.6. The van der Waals surface area contributed by atoms with Gasteiger partial charge in [-0.1, -0.05) is 11.6 Å². The highest BCUT2D eigenvalue weighted by atomic mass is 35.5. The van der Waals surface area contributed by atoms with Gasteiger partial charge in [0, 0.05) is 11.9 Å². The number of hydrogen-bond acceptors (Lipinski definition) is 3. The topological polar surface area (TPSA) is 67.2 Å². The Morgan fingerprint density at radius 2 is 2.10 bits per heavy atom. The van der Waals surface area contributed by atoms with E-state index in [4.69, 9.17) is 16.7 Å². The lowest BCUT2D eigenvalue weighted by Crippen LogP contribution is -2.26. The monoisotopic (exact) mass is 307 g/mol. The van der Waals surface area contributed by atoms with E-state index in [1.165, 1.54) is 6.07 Å². The lowest BCUT2D eigenvalue weighted by atomic mass is 10.1. The number of halogens is 1. The summed E-state index contributed by atoms with van der Waals surface area (Å²) in [7, 11) is 0. The van der Waals surface area contributed by atoms with Crippen LogP contribution >= 0.6 is 11.6 Å². The molecule has 0 bridgehead atoms. The van der Waals surface area contributed by atoms with E-state index in [0.29, 0.717) is 12.2 Å². The van der Waals surface area contributed by atoms with Crippen molar-refractivity contribution < 1.29 is 9.90 Å². The standard InChI is InChI=1S/C15H18ClN3O2/c1-15(2,3)19-11(6-7-18-19)9-17-10-4-5-13(16)12(8-10)14(20)21/h4-8,17H,9H2,1-3H3,(H,20,21). The lowest BCUT2D eigenvalue weighted by Gasteiger charge is -2.22. The first-order valence-electron chi connectivity index (χ1n) is 6.59. The summed E-state index contributed by atoms with van der Waals surface area (Å²) >= 11 is 5.85. The Bertz CT molecular complexity index is 659. The van der Waals surface area contributed by atoms with Crippen LogP contribution in [0.4, 0.5) is 5.69 Å². The van der Waals surface area contributed by atoms with Gasteiger partial charge in [-0.3, -0.25) is 4.68 Å². The highest BCUT2D eigenvalue weighted by Crippen LogP contribution is 2.22. The van der Waals surface area contributed by atoms with Crippen LogP contribution in [0.3, 0.4) is 0 Å². The Balaban J connectivity index is 2.16. The van der Waals surface area contributed by atoms with Crippen LogP contribution in [-0.4, -0.2) is 20.9 Å². The van der Waals surface area contributed by atoms with Crippen molar-refractivity contribution in [1.29, 1.82) is 0 Å². The quantitative estimate of drug-likeness (QED) is 0.905. The maximum Gasteiger partial charge on any atom is 0.337 e. The molecule has 0 aliphatic carbocycles. The maximum absolute atomic E-state index is 11.1. The first-order valence-corrected chi connectivity index (χ1v) is 6.97. The van der Waals surface area contributed by atoms with Crippen molar-refractivity contribution in [1.82, 2.24) is 9.78 Å². The highest BCUT2D eigenvalue weighted by Gasteiger charge is 2.17. The molecule has 2 aromatic rings. The predicted molar refractivity (Wildman–Crippen MR) is 83.0 cm³/mol. The van der Waals surface area contributed by atoms with Crippen LogP contribution in [0.25, 0.3) is 0 Å². The van der Waals surface area contributed by atoms with Crippen molar-refractivity contribution in [3.05, 3.63) is 46.7 Å². The summed E-state index contributed by atoms with van der Waals surface area (Å²) in [5, 5.41) is 16.8. The first-order chi connectivity index (χ1) is 9.79. The lowest BCUT2D eigenvalue weighted by molar-refractivity contribution is 0.0697. The Labute approximate surface area is 128 Å². The number of nitrogens with zero attached hydrogens (tertiary/aromatic N) is 2. The van der Waals surface area contributed by atoms with E-state index in [1.807, 2.05) is 10.7 Å². The minimum atomic E-state index is -1.04. The second kappa shape index (κ2) is 5.77. The van der Waals surface area contributed by atoms with E-state index in [2.05, 4.69) is 31.2 Å². The molecule has 0 atom stereocenters. The van der Waals surface area contributed by atoms with E-state index in [-0.39, 0.29) is 16.1 Å². The highest BCUT2D eigenvalue weighted by molar-refractivity contribution is 6.33. The molecule has 2 N–H and O–H groups in total. The van der Waals surface area contributed by atoms with Crippen LogP contribution in [0.15, 0.2) is 30.5 Å². The van der Waals surface area contributed by atoms with Gasteiger partial charge in [-0.05, 0) is 45.0 Å². The smallest absolute Gasteiger partial charge is 0.337 e. The number of hydrogen-bond donors (Lipinski definition) is 2. The molecule has 0 radical (unpaired) electrons. The molecule has 0 fully saturated rings. The van der Waals surface area contributed by atoms with Crippen molar-refractivity contribution in [3.63, 3.8) is 0 Å². The number of aromatic nitrogens is 2. The second-order valence-electron chi connectivity index (χ2n) is 5.76. The molecule has 0 aliphatic heterocycles. The summed E-state index contributed by atoms with van der Waals surface area (Å²) in [6.07, 6.45) is 1.76. The van der Waals surface area contributed by atoms with Crippen molar-refractivity contribution in [2.24, 2.45) is 0 Å². The molecule has 0 saturated carbocycles. The number of carbonyl (C=O) groups is 1. The summed E-state index contributed by atoms with van der Waals surface area (Å²) in [5.74, 6) is -1.04. The van der Waals surface area contributed by atoms with Gasteiger partial charge in [0.2, 0.25) is 0 Å². The second-order valence-corrected chi connectivity index (χ2v) is 6.17. The summed E-state index contributed by atoms with van der Waals surface area (Å²) < 4.78 is 1.94. The molecule has 6 heteroatoms. The third-order valence-corrected chi connectivity index (χ3v) is 3.36. The van der Waals surface area contributed by atoms with Gasteiger partial charge in [-0.25, -0.2) is 4.79 Å². The average molecular weight is 308 g/mol. The largest absolute Gasteiger partial charge is 0.478 e. The van der Waals surface area contributed by atoms with E-state index in [0.717, 1.165) is 5.69 Å². The van der Waals surface area contributed by atoms with Gasteiger partial charge in [0.1, 0.15) is 0 Å². The molecular weight excluding hydrogens is 290 g/mol. The summed E-state index contributed by atoms with van der Waals surface area (Å²) in [4.78, 5) is 11.1. The van der Waals surface area contributed by atoms with Gasteiger partial charge in [-0.2, -0.15) is 5.10 Å². The fourth-order valence-corrected chi connectivity index (χ4v) is 2.26. The molecule has 1 heterocycles. The molecule has 1 aromatic carbocycles. The van der Waals surface area contributed by atoms with Crippen LogP contribution in [0.5, 0.6) is 0 Å². The van der Waals surface area contributed by atoms with E-state index < -0.39 is 5.97 Å². The van der Waals surface area contributed by atoms with Crippen molar-refractivity contribution in [2.75, 3.05) is 5.32 Å². The molecule has 5 nitrogen and oxygen atoms in total. The Kier molecular flexibility index (Phi) is 4.23. The maximum atomic E-state index is 11.1. The Morgan fingerprint density at radius 1 is 1.38 bits per heavy atom. The van der Waals surface area contributed by atoms with Crippen molar-refractivity contribution >= 4 is 23.3 Å². The van der Waals surface area contributed by atoms with Gasteiger partial charge in [0.05, 0.1) is 28.4 Å². The molecule has 0 saturated heterocycles. The number of benzene rings is 1. The van der Waals surface area contributed by atoms with Gasteiger partial charge >= 0.3 is 5.97 Å². The van der Waals surface area contributed by atoms with E-state index in [1.54, 1.807) is 18.3 Å². The van der Waals surface area contributed by atoms with Gasteiger partial charge in [-0.15, -0.1) is 0 Å². The number of rotatable bonds is 4. The molecule has 1 aromatic heterocycles. The fourth-order valence-electron chi connectivity index (χ4n) is 2.06. The van der Waals surface area contributed by atoms with Crippen LogP contribution < -0.4 is 5.32 Å². The minimum absolute atomic E-state index is 0.0889. The van der Waals surface area contributed by atoms with Crippen LogP contribution in [0, 0.1) is 0 Å². The van der Waals surface area contributed by atoms with Gasteiger partial charge in [0.15, 0.2) is 0 Å². The minimum Gasteiger partial charge on any atom is -0.478 e. The Hall–Kier alpha value is -2.01. The Morgan fingerprint density at radius 3 is 2.71 bits per heavy atom. The van der Waals surface area contributed by atoms with E-state index in [9.17, 15) is 4.79 Å². The number of aromatic carboxylic acids is 1.